The normalized spacial score (nSPS) is 23.2. The average Bonchev–Trinajstić information content (AvgIpc) is 2.76. The maximum atomic E-state index is 10.9. The summed E-state index contributed by atoms with van der Waals surface area (Å²) in [6.07, 6.45) is 3.92. The van der Waals surface area contributed by atoms with Crippen molar-refractivity contribution in [2.75, 3.05) is 6.54 Å². The van der Waals surface area contributed by atoms with E-state index < -0.39 is 0 Å². The van der Waals surface area contributed by atoms with Crippen LogP contribution in [0, 0.1) is 22.0 Å². The van der Waals surface area contributed by atoms with Crippen LogP contribution < -0.4 is 5.32 Å². The lowest BCUT2D eigenvalue weighted by molar-refractivity contribution is -0.385. The van der Waals surface area contributed by atoms with E-state index in [1.165, 1.54) is 19.3 Å². The van der Waals surface area contributed by atoms with Crippen LogP contribution in [0.4, 0.5) is 5.69 Å². The molecule has 1 saturated carbocycles. The third-order valence-corrected chi connectivity index (χ3v) is 3.95. The largest absolute Gasteiger partial charge is 0.312 e. The molecule has 0 bridgehead atoms. The van der Waals surface area contributed by atoms with E-state index in [4.69, 9.17) is 0 Å². The van der Waals surface area contributed by atoms with Crippen LogP contribution in [0.3, 0.4) is 0 Å². The SMILES string of the molecule is CC1CCCC1CNCc1ccccc1[N+](=O)[O-]. The first kappa shape index (κ1) is 13.0. The molecule has 1 aliphatic carbocycles. The molecule has 2 unspecified atom stereocenters. The highest BCUT2D eigenvalue weighted by molar-refractivity contribution is 5.39. The lowest BCUT2D eigenvalue weighted by Crippen LogP contribution is -2.24. The minimum Gasteiger partial charge on any atom is -0.312 e. The van der Waals surface area contributed by atoms with Gasteiger partial charge in [-0.2, -0.15) is 0 Å². The molecule has 1 N–H and O–H groups in total. The molecular weight excluding hydrogens is 228 g/mol. The van der Waals surface area contributed by atoms with E-state index in [9.17, 15) is 10.1 Å². The number of nitro benzene ring substituents is 1. The van der Waals surface area contributed by atoms with Crippen molar-refractivity contribution in [1.82, 2.24) is 5.32 Å². The van der Waals surface area contributed by atoms with Crippen molar-refractivity contribution in [3.05, 3.63) is 39.9 Å². The Morgan fingerprint density at radius 2 is 2.17 bits per heavy atom. The molecule has 1 aromatic rings. The van der Waals surface area contributed by atoms with Gasteiger partial charge in [0.15, 0.2) is 0 Å². The summed E-state index contributed by atoms with van der Waals surface area (Å²) in [6, 6.07) is 6.95. The first-order chi connectivity index (χ1) is 8.68. The Morgan fingerprint density at radius 1 is 1.39 bits per heavy atom. The van der Waals surface area contributed by atoms with Gasteiger partial charge in [-0.25, -0.2) is 0 Å². The van der Waals surface area contributed by atoms with E-state index in [2.05, 4.69) is 12.2 Å². The Hall–Kier alpha value is -1.42. The molecule has 2 rings (SSSR count). The second-order valence-corrected chi connectivity index (χ2v) is 5.18. The molecule has 0 amide bonds. The topological polar surface area (TPSA) is 55.2 Å². The van der Waals surface area contributed by atoms with E-state index in [1.807, 2.05) is 12.1 Å². The molecule has 0 aromatic heterocycles. The van der Waals surface area contributed by atoms with Crippen LogP contribution in [-0.2, 0) is 6.54 Å². The molecule has 4 nitrogen and oxygen atoms in total. The van der Waals surface area contributed by atoms with Gasteiger partial charge in [0.05, 0.1) is 4.92 Å². The lowest BCUT2D eigenvalue weighted by atomic mass is 9.98. The fraction of sp³-hybridized carbons (Fsp3) is 0.571. The van der Waals surface area contributed by atoms with Crippen molar-refractivity contribution in [2.24, 2.45) is 11.8 Å². The number of nitro groups is 1. The van der Waals surface area contributed by atoms with E-state index in [0.717, 1.165) is 23.9 Å². The summed E-state index contributed by atoms with van der Waals surface area (Å²) in [5.74, 6) is 1.51. The van der Waals surface area contributed by atoms with Gasteiger partial charge in [-0.3, -0.25) is 10.1 Å². The minimum atomic E-state index is -0.310. The molecule has 18 heavy (non-hydrogen) atoms. The van der Waals surface area contributed by atoms with Gasteiger partial charge in [0.1, 0.15) is 0 Å². The number of hydrogen-bond donors (Lipinski definition) is 1. The van der Waals surface area contributed by atoms with Gasteiger partial charge in [-0.1, -0.05) is 38.0 Å². The summed E-state index contributed by atoms with van der Waals surface area (Å²) in [7, 11) is 0. The molecule has 0 heterocycles. The first-order valence-corrected chi connectivity index (χ1v) is 6.61. The summed E-state index contributed by atoms with van der Waals surface area (Å²) >= 11 is 0. The molecule has 1 fully saturated rings. The van der Waals surface area contributed by atoms with Crippen molar-refractivity contribution in [3.63, 3.8) is 0 Å². The van der Waals surface area contributed by atoms with Gasteiger partial charge < -0.3 is 5.32 Å². The predicted octanol–water partition coefficient (Wildman–Crippen LogP) is 3.12. The maximum absolute atomic E-state index is 10.9. The molecule has 4 heteroatoms. The van der Waals surface area contributed by atoms with E-state index >= 15 is 0 Å². The highest BCUT2D eigenvalue weighted by atomic mass is 16.6. The van der Waals surface area contributed by atoms with Gasteiger partial charge in [-0.05, 0) is 24.8 Å². The zero-order valence-corrected chi connectivity index (χ0v) is 10.8. The van der Waals surface area contributed by atoms with Crippen molar-refractivity contribution >= 4 is 5.69 Å². The van der Waals surface area contributed by atoms with Crippen LogP contribution in [0.1, 0.15) is 31.7 Å². The van der Waals surface area contributed by atoms with Crippen LogP contribution in [0.2, 0.25) is 0 Å². The first-order valence-electron chi connectivity index (χ1n) is 6.61. The summed E-state index contributed by atoms with van der Waals surface area (Å²) in [5, 5.41) is 14.2. The Labute approximate surface area is 108 Å². The zero-order valence-electron chi connectivity index (χ0n) is 10.8. The van der Waals surface area contributed by atoms with Gasteiger partial charge >= 0.3 is 0 Å². The molecule has 0 radical (unpaired) electrons. The Kier molecular flexibility index (Phi) is 4.31. The molecule has 0 saturated heterocycles. The number of hydrogen-bond acceptors (Lipinski definition) is 3. The molecule has 1 aliphatic rings. The minimum absolute atomic E-state index is 0.212. The molecule has 0 spiro atoms. The molecule has 98 valence electrons. The predicted molar refractivity (Wildman–Crippen MR) is 71.3 cm³/mol. The van der Waals surface area contributed by atoms with Gasteiger partial charge in [0.2, 0.25) is 0 Å². The fourth-order valence-corrected chi connectivity index (χ4v) is 2.76. The van der Waals surface area contributed by atoms with E-state index in [0.29, 0.717) is 6.54 Å². The maximum Gasteiger partial charge on any atom is 0.273 e. The molecular formula is C14H20N2O2. The summed E-state index contributed by atoms with van der Waals surface area (Å²) < 4.78 is 0. The number of benzene rings is 1. The summed E-state index contributed by atoms with van der Waals surface area (Å²) in [5.41, 5.74) is 0.984. The second kappa shape index (κ2) is 5.96. The van der Waals surface area contributed by atoms with Crippen molar-refractivity contribution in [1.29, 1.82) is 0 Å². The van der Waals surface area contributed by atoms with Crippen molar-refractivity contribution < 1.29 is 4.92 Å². The zero-order chi connectivity index (χ0) is 13.0. The third kappa shape index (κ3) is 3.07. The molecule has 1 aromatic carbocycles. The summed E-state index contributed by atoms with van der Waals surface area (Å²) in [4.78, 5) is 10.6. The van der Waals surface area contributed by atoms with Crippen LogP contribution >= 0.6 is 0 Å². The van der Waals surface area contributed by atoms with Crippen molar-refractivity contribution in [3.8, 4) is 0 Å². The Balaban J connectivity index is 1.88. The van der Waals surface area contributed by atoms with Crippen LogP contribution in [0.15, 0.2) is 24.3 Å². The van der Waals surface area contributed by atoms with E-state index in [-0.39, 0.29) is 10.6 Å². The van der Waals surface area contributed by atoms with E-state index in [1.54, 1.807) is 12.1 Å². The highest BCUT2D eigenvalue weighted by Gasteiger charge is 2.22. The number of para-hydroxylation sites is 1. The Bertz CT molecular complexity index is 420. The van der Waals surface area contributed by atoms with Crippen LogP contribution in [0.25, 0.3) is 0 Å². The second-order valence-electron chi connectivity index (χ2n) is 5.18. The number of nitrogens with one attached hydrogen (secondary N) is 1. The number of rotatable bonds is 5. The monoisotopic (exact) mass is 248 g/mol. The third-order valence-electron chi connectivity index (χ3n) is 3.95. The average molecular weight is 248 g/mol. The fourth-order valence-electron chi connectivity index (χ4n) is 2.76. The van der Waals surface area contributed by atoms with Crippen LogP contribution in [-0.4, -0.2) is 11.5 Å². The quantitative estimate of drug-likeness (QED) is 0.643. The smallest absolute Gasteiger partial charge is 0.273 e. The van der Waals surface area contributed by atoms with Gasteiger partial charge in [0, 0.05) is 18.2 Å². The standard InChI is InChI=1S/C14H20N2O2/c1-11-5-4-7-12(11)9-15-10-13-6-2-3-8-14(13)16(17)18/h2-3,6,8,11-12,15H,4-5,7,9-10H2,1H3. The summed E-state index contributed by atoms with van der Waals surface area (Å²) in [6.45, 7) is 3.85. The molecule has 2 atom stereocenters. The van der Waals surface area contributed by atoms with Crippen molar-refractivity contribution in [2.45, 2.75) is 32.7 Å². The van der Waals surface area contributed by atoms with Crippen LogP contribution in [0.5, 0.6) is 0 Å². The number of nitrogens with zero attached hydrogens (tertiary/aromatic N) is 1. The molecule has 0 aliphatic heterocycles. The van der Waals surface area contributed by atoms with Gasteiger partial charge in [0.25, 0.3) is 5.69 Å². The highest BCUT2D eigenvalue weighted by Crippen LogP contribution is 2.30. The lowest BCUT2D eigenvalue weighted by Gasteiger charge is -2.15. The Morgan fingerprint density at radius 3 is 2.83 bits per heavy atom. The van der Waals surface area contributed by atoms with Gasteiger partial charge in [-0.15, -0.1) is 0 Å².